The zero-order valence-electron chi connectivity index (χ0n) is 9.22. The second-order valence-corrected chi connectivity index (χ2v) is 4.62. The Morgan fingerprint density at radius 1 is 1.40 bits per heavy atom. The molecule has 0 aromatic heterocycles. The highest BCUT2D eigenvalue weighted by Crippen LogP contribution is 2.32. The van der Waals surface area contributed by atoms with Crippen molar-refractivity contribution in [2.45, 2.75) is 33.3 Å². The highest BCUT2D eigenvalue weighted by atomic mass is 35.5. The van der Waals surface area contributed by atoms with Crippen LogP contribution in [0.15, 0.2) is 12.1 Å². The molecule has 0 aliphatic rings. The zero-order chi connectivity index (χ0) is 11.6. The van der Waals surface area contributed by atoms with Gasteiger partial charge >= 0.3 is 0 Å². The lowest BCUT2D eigenvalue weighted by atomic mass is 9.98. The van der Waals surface area contributed by atoms with Crippen molar-refractivity contribution in [1.29, 1.82) is 0 Å². The summed E-state index contributed by atoms with van der Waals surface area (Å²) in [6, 6.07) is 2.96. The van der Waals surface area contributed by atoms with Crippen LogP contribution in [0.2, 0.25) is 5.02 Å². The minimum absolute atomic E-state index is 0.227. The third kappa shape index (κ3) is 2.93. The first-order chi connectivity index (χ1) is 6.93. The lowest BCUT2D eigenvalue weighted by Gasteiger charge is -2.16. The SMILES string of the molecule is Cc1ccc(F)c(C(O)CC(C)C)c1Cl. The van der Waals surface area contributed by atoms with E-state index >= 15 is 0 Å². The normalized spacial score (nSPS) is 13.3. The lowest BCUT2D eigenvalue weighted by molar-refractivity contribution is 0.147. The molecule has 0 radical (unpaired) electrons. The van der Waals surface area contributed by atoms with Crippen LogP contribution >= 0.6 is 11.6 Å². The molecule has 1 atom stereocenters. The molecule has 1 N–H and O–H groups in total. The van der Waals surface area contributed by atoms with Gasteiger partial charge in [0, 0.05) is 5.56 Å². The highest BCUT2D eigenvalue weighted by Gasteiger charge is 2.18. The van der Waals surface area contributed by atoms with E-state index in [1.165, 1.54) is 6.07 Å². The van der Waals surface area contributed by atoms with Crippen LogP contribution in [0.1, 0.15) is 37.5 Å². The van der Waals surface area contributed by atoms with E-state index in [0.717, 1.165) is 5.56 Å². The Morgan fingerprint density at radius 2 is 2.00 bits per heavy atom. The highest BCUT2D eigenvalue weighted by molar-refractivity contribution is 6.32. The molecule has 0 saturated carbocycles. The Morgan fingerprint density at radius 3 is 2.53 bits per heavy atom. The van der Waals surface area contributed by atoms with Gasteiger partial charge in [-0.3, -0.25) is 0 Å². The Labute approximate surface area is 94.9 Å². The summed E-state index contributed by atoms with van der Waals surface area (Å²) in [5.74, 6) is -0.130. The number of aliphatic hydroxyl groups is 1. The van der Waals surface area contributed by atoms with Gasteiger partial charge < -0.3 is 5.11 Å². The number of hydrogen-bond donors (Lipinski definition) is 1. The molecular weight excluding hydrogens is 215 g/mol. The average molecular weight is 231 g/mol. The molecule has 0 aliphatic heterocycles. The molecule has 3 heteroatoms. The van der Waals surface area contributed by atoms with E-state index in [9.17, 15) is 9.50 Å². The predicted octanol–water partition coefficient (Wildman–Crippen LogP) is 3.87. The molecule has 1 aromatic rings. The Balaban J connectivity index is 3.07. The van der Waals surface area contributed by atoms with Crippen LogP contribution < -0.4 is 0 Å². The van der Waals surface area contributed by atoms with E-state index in [0.29, 0.717) is 17.4 Å². The molecule has 15 heavy (non-hydrogen) atoms. The standard InChI is InChI=1S/C12H16ClFO/c1-7(2)6-10(15)11-9(14)5-4-8(3)12(11)13/h4-5,7,10,15H,6H2,1-3H3. The van der Waals surface area contributed by atoms with Crippen LogP contribution in [0, 0.1) is 18.7 Å². The molecule has 0 bridgehead atoms. The van der Waals surface area contributed by atoms with Crippen molar-refractivity contribution in [1.82, 2.24) is 0 Å². The summed E-state index contributed by atoms with van der Waals surface area (Å²) < 4.78 is 13.5. The van der Waals surface area contributed by atoms with Crippen LogP contribution in [-0.2, 0) is 0 Å². The minimum Gasteiger partial charge on any atom is -0.388 e. The van der Waals surface area contributed by atoms with Gasteiger partial charge in [-0.1, -0.05) is 31.5 Å². The maximum Gasteiger partial charge on any atom is 0.130 e. The molecule has 0 fully saturated rings. The fourth-order valence-electron chi connectivity index (χ4n) is 1.55. The summed E-state index contributed by atoms with van der Waals surface area (Å²) in [5, 5.41) is 10.2. The molecule has 0 aliphatic carbocycles. The summed E-state index contributed by atoms with van der Waals surface area (Å²) >= 11 is 5.98. The van der Waals surface area contributed by atoms with Gasteiger partial charge in [0.1, 0.15) is 5.82 Å². The zero-order valence-corrected chi connectivity index (χ0v) is 9.98. The fraction of sp³-hybridized carbons (Fsp3) is 0.500. The number of aryl methyl sites for hydroxylation is 1. The summed E-state index contributed by atoms with van der Waals surface area (Å²) in [6.45, 7) is 5.75. The number of benzene rings is 1. The number of rotatable bonds is 3. The molecule has 0 spiro atoms. The third-order valence-corrected chi connectivity index (χ3v) is 2.85. The van der Waals surface area contributed by atoms with Gasteiger partial charge in [-0.25, -0.2) is 4.39 Å². The largest absolute Gasteiger partial charge is 0.388 e. The van der Waals surface area contributed by atoms with Gasteiger partial charge in [-0.15, -0.1) is 0 Å². The first-order valence-corrected chi connectivity index (χ1v) is 5.43. The van der Waals surface area contributed by atoms with Crippen molar-refractivity contribution in [3.8, 4) is 0 Å². The third-order valence-electron chi connectivity index (χ3n) is 2.35. The molecule has 1 aromatic carbocycles. The van der Waals surface area contributed by atoms with Crippen LogP contribution in [0.3, 0.4) is 0 Å². The average Bonchev–Trinajstić information content (AvgIpc) is 2.11. The Hall–Kier alpha value is -0.600. The van der Waals surface area contributed by atoms with Crippen molar-refractivity contribution in [2.24, 2.45) is 5.92 Å². The van der Waals surface area contributed by atoms with E-state index < -0.39 is 11.9 Å². The first-order valence-electron chi connectivity index (χ1n) is 5.06. The van der Waals surface area contributed by atoms with E-state index in [4.69, 9.17) is 11.6 Å². The Bertz CT molecular complexity index is 350. The van der Waals surface area contributed by atoms with Gasteiger partial charge in [0.05, 0.1) is 11.1 Å². The van der Waals surface area contributed by atoms with E-state index in [1.807, 2.05) is 13.8 Å². The van der Waals surface area contributed by atoms with Gasteiger partial charge in [0.25, 0.3) is 0 Å². The van der Waals surface area contributed by atoms with Gasteiger partial charge in [-0.05, 0) is 30.9 Å². The quantitative estimate of drug-likeness (QED) is 0.836. The van der Waals surface area contributed by atoms with Crippen LogP contribution in [0.25, 0.3) is 0 Å². The molecule has 84 valence electrons. The topological polar surface area (TPSA) is 20.2 Å². The van der Waals surface area contributed by atoms with Crippen molar-refractivity contribution < 1.29 is 9.50 Å². The molecule has 1 rings (SSSR count). The second kappa shape index (κ2) is 4.95. The molecular formula is C12H16ClFO. The fourth-order valence-corrected chi connectivity index (χ4v) is 1.83. The lowest BCUT2D eigenvalue weighted by Crippen LogP contribution is -2.06. The van der Waals surface area contributed by atoms with Crippen molar-refractivity contribution in [3.05, 3.63) is 34.1 Å². The smallest absolute Gasteiger partial charge is 0.130 e. The number of halogens is 2. The summed E-state index contributed by atoms with van der Waals surface area (Å²) in [4.78, 5) is 0. The van der Waals surface area contributed by atoms with E-state index in [-0.39, 0.29) is 5.56 Å². The first kappa shape index (κ1) is 12.5. The van der Waals surface area contributed by atoms with Crippen molar-refractivity contribution in [2.75, 3.05) is 0 Å². The van der Waals surface area contributed by atoms with Gasteiger partial charge in [-0.2, -0.15) is 0 Å². The molecule has 0 heterocycles. The maximum absolute atomic E-state index is 13.5. The number of hydrogen-bond acceptors (Lipinski definition) is 1. The van der Waals surface area contributed by atoms with Crippen LogP contribution in [0.4, 0.5) is 4.39 Å². The monoisotopic (exact) mass is 230 g/mol. The second-order valence-electron chi connectivity index (χ2n) is 4.24. The van der Waals surface area contributed by atoms with Crippen molar-refractivity contribution in [3.63, 3.8) is 0 Å². The van der Waals surface area contributed by atoms with E-state index in [1.54, 1.807) is 13.0 Å². The predicted molar refractivity (Wildman–Crippen MR) is 60.6 cm³/mol. The van der Waals surface area contributed by atoms with Crippen LogP contribution in [0.5, 0.6) is 0 Å². The summed E-state index contributed by atoms with van der Waals surface area (Å²) in [5.41, 5.74) is 1.02. The summed E-state index contributed by atoms with van der Waals surface area (Å²) in [7, 11) is 0. The minimum atomic E-state index is -0.822. The maximum atomic E-state index is 13.5. The number of aliphatic hydroxyl groups excluding tert-OH is 1. The molecule has 0 amide bonds. The Kier molecular flexibility index (Phi) is 4.12. The van der Waals surface area contributed by atoms with E-state index in [2.05, 4.69) is 0 Å². The van der Waals surface area contributed by atoms with Crippen molar-refractivity contribution >= 4 is 11.6 Å². The van der Waals surface area contributed by atoms with Gasteiger partial charge in [0.2, 0.25) is 0 Å². The summed E-state index contributed by atoms with van der Waals surface area (Å²) in [6.07, 6.45) is -0.308. The van der Waals surface area contributed by atoms with Crippen LogP contribution in [-0.4, -0.2) is 5.11 Å². The molecule has 0 saturated heterocycles. The van der Waals surface area contributed by atoms with Gasteiger partial charge in [0.15, 0.2) is 0 Å². The molecule has 1 nitrogen and oxygen atoms in total. The molecule has 1 unspecified atom stereocenters.